The molecule has 8 heavy (non-hydrogen) atoms. The Morgan fingerprint density at radius 1 is 1.25 bits per heavy atom. The van der Waals surface area contributed by atoms with E-state index in [9.17, 15) is 0 Å². The quantitative estimate of drug-likeness (QED) is 0.383. The Labute approximate surface area is 76.8 Å². The molecule has 0 unspecified atom stereocenters. The zero-order chi connectivity index (χ0) is 5.41. The first kappa shape index (κ1) is 22.8. The van der Waals surface area contributed by atoms with Crippen molar-refractivity contribution in [1.29, 1.82) is 0 Å². The van der Waals surface area contributed by atoms with E-state index in [-0.39, 0.29) is 35.0 Å². The molecule has 0 aliphatic rings. The molecule has 6 heteroatoms. The Morgan fingerprint density at radius 3 is 1.25 bits per heavy atom. The Hall–Kier alpha value is 1.29. The van der Waals surface area contributed by atoms with Crippen LogP contribution >= 0.6 is 11.8 Å². The Morgan fingerprint density at radius 2 is 1.25 bits per heavy atom. The molecule has 0 saturated heterocycles. The van der Waals surface area contributed by atoms with Gasteiger partial charge < -0.3 is 15.5 Å². The maximum atomic E-state index is 7.12. The molecule has 0 aliphatic carbocycles. The van der Waals surface area contributed by atoms with Gasteiger partial charge in [0, 0.05) is 0 Å². The van der Waals surface area contributed by atoms with Crippen LogP contribution in [0.15, 0.2) is 0 Å². The molecule has 0 amide bonds. The SMILES string of the molecule is CSC.O.OBO.[NaH]. The second kappa shape index (κ2) is 40.7. The molecule has 0 fully saturated rings. The fraction of sp³-hybridized carbons (Fsp3) is 1.00. The van der Waals surface area contributed by atoms with Gasteiger partial charge in [-0.25, -0.2) is 0 Å². The van der Waals surface area contributed by atoms with Crippen LogP contribution < -0.4 is 0 Å². The van der Waals surface area contributed by atoms with Crippen molar-refractivity contribution in [3.05, 3.63) is 0 Å². The second-order valence-corrected chi connectivity index (χ2v) is 1.37. The summed E-state index contributed by atoms with van der Waals surface area (Å²) in [6.45, 7) is 0. The molecule has 3 nitrogen and oxygen atoms in total. The molecular formula is C2H12BNaO3S. The van der Waals surface area contributed by atoms with E-state index in [4.69, 9.17) is 10.0 Å². The molecule has 0 aromatic rings. The maximum absolute atomic E-state index is 7.12. The predicted molar refractivity (Wildman–Crippen MR) is 41.8 cm³/mol. The summed E-state index contributed by atoms with van der Waals surface area (Å²) in [6.07, 6.45) is 4.08. The standard InChI is InChI=1S/C2H6S.BH3O2.Na.H2O.H/c1-3-2;2-1-3;;;/h1-2H3;1-3H;;1H2;. The molecule has 0 atom stereocenters. The average Bonchev–Trinajstić information content (AvgIpc) is 1.39. The van der Waals surface area contributed by atoms with E-state index in [0.29, 0.717) is 0 Å². The Balaban J connectivity index is -0.0000000160. The number of rotatable bonds is 0. The first-order valence-corrected chi connectivity index (χ1v) is 3.08. The molecular weight excluding hydrogens is 138 g/mol. The fourth-order valence-corrected chi connectivity index (χ4v) is 0. The van der Waals surface area contributed by atoms with Crippen molar-refractivity contribution in [2.75, 3.05) is 12.5 Å². The Bertz CT molecular complexity index is 19.2. The summed E-state index contributed by atoms with van der Waals surface area (Å²) in [5.41, 5.74) is 0. The van der Waals surface area contributed by atoms with Gasteiger partial charge in [0.05, 0.1) is 0 Å². The number of thioether (sulfide) groups is 1. The van der Waals surface area contributed by atoms with Gasteiger partial charge in [-0.15, -0.1) is 0 Å². The van der Waals surface area contributed by atoms with Crippen LogP contribution in [-0.2, 0) is 0 Å². The first-order chi connectivity index (χ1) is 2.83. The van der Waals surface area contributed by atoms with Gasteiger partial charge in [0.25, 0.3) is 0 Å². The van der Waals surface area contributed by atoms with Crippen molar-refractivity contribution in [3.63, 3.8) is 0 Å². The van der Waals surface area contributed by atoms with Crippen LogP contribution in [0.4, 0.5) is 0 Å². The number of hydrogen-bond acceptors (Lipinski definition) is 3. The van der Waals surface area contributed by atoms with Crippen molar-refractivity contribution in [2.24, 2.45) is 0 Å². The van der Waals surface area contributed by atoms with Crippen LogP contribution in [0.25, 0.3) is 0 Å². The van der Waals surface area contributed by atoms with Crippen LogP contribution in [0.1, 0.15) is 0 Å². The van der Waals surface area contributed by atoms with Gasteiger partial charge in [0.15, 0.2) is 0 Å². The zero-order valence-corrected chi connectivity index (χ0v) is 5.33. The van der Waals surface area contributed by atoms with Crippen molar-refractivity contribution in [2.45, 2.75) is 0 Å². The molecule has 0 spiro atoms. The van der Waals surface area contributed by atoms with Crippen molar-refractivity contribution in [1.82, 2.24) is 0 Å². The Kier molecular flexibility index (Phi) is 116. The van der Waals surface area contributed by atoms with Crippen molar-refractivity contribution >= 4 is 49.0 Å². The monoisotopic (exact) mass is 150 g/mol. The van der Waals surface area contributed by atoms with Gasteiger partial charge in [-0.1, -0.05) is 0 Å². The first-order valence-electron chi connectivity index (χ1n) is 1.45. The predicted octanol–water partition coefficient (Wildman–Crippen LogP) is -2.26. The molecule has 0 saturated carbocycles. The molecule has 0 rings (SSSR count). The zero-order valence-electron chi connectivity index (χ0n) is 4.51. The molecule has 0 aromatic heterocycles. The molecule has 0 aromatic carbocycles. The van der Waals surface area contributed by atoms with Gasteiger partial charge in [-0.2, -0.15) is 11.8 Å². The van der Waals surface area contributed by atoms with E-state index < -0.39 is 7.69 Å². The van der Waals surface area contributed by atoms with Crippen LogP contribution in [0.2, 0.25) is 0 Å². The minimum atomic E-state index is -0.750. The molecule has 4 N–H and O–H groups in total. The summed E-state index contributed by atoms with van der Waals surface area (Å²) in [5, 5.41) is 14.2. The molecule has 0 radical (unpaired) electrons. The van der Waals surface area contributed by atoms with E-state index in [1.165, 1.54) is 0 Å². The summed E-state index contributed by atoms with van der Waals surface area (Å²) < 4.78 is 0. The third kappa shape index (κ3) is 172. The van der Waals surface area contributed by atoms with Crippen LogP contribution in [-0.4, -0.2) is 65.3 Å². The second-order valence-electron chi connectivity index (χ2n) is 0.550. The van der Waals surface area contributed by atoms with E-state index in [2.05, 4.69) is 0 Å². The van der Waals surface area contributed by atoms with Crippen LogP contribution in [0.3, 0.4) is 0 Å². The fourth-order valence-electron chi connectivity index (χ4n) is 0. The van der Waals surface area contributed by atoms with Crippen molar-refractivity contribution < 1.29 is 15.5 Å². The summed E-state index contributed by atoms with van der Waals surface area (Å²) in [5.74, 6) is 0. The molecule has 0 bridgehead atoms. The summed E-state index contributed by atoms with van der Waals surface area (Å²) >= 11 is 1.75. The average molecular weight is 150 g/mol. The van der Waals surface area contributed by atoms with E-state index in [1.54, 1.807) is 11.8 Å². The van der Waals surface area contributed by atoms with Gasteiger partial charge in [-0.05, 0) is 12.5 Å². The van der Waals surface area contributed by atoms with Gasteiger partial charge >= 0.3 is 37.2 Å². The molecule has 48 valence electrons. The van der Waals surface area contributed by atoms with E-state index in [1.807, 2.05) is 12.5 Å². The summed E-state index contributed by atoms with van der Waals surface area (Å²) in [7, 11) is -0.750. The van der Waals surface area contributed by atoms with Gasteiger partial charge in [0.2, 0.25) is 0 Å². The summed E-state index contributed by atoms with van der Waals surface area (Å²) in [4.78, 5) is 0. The van der Waals surface area contributed by atoms with Gasteiger partial charge in [-0.3, -0.25) is 0 Å². The van der Waals surface area contributed by atoms with Crippen molar-refractivity contribution in [3.8, 4) is 0 Å². The topological polar surface area (TPSA) is 72.0 Å². The van der Waals surface area contributed by atoms with Crippen LogP contribution in [0, 0.1) is 0 Å². The molecule has 0 aliphatic heterocycles. The van der Waals surface area contributed by atoms with E-state index in [0.717, 1.165) is 0 Å². The number of hydrogen-bond donors (Lipinski definition) is 2. The van der Waals surface area contributed by atoms with Gasteiger partial charge in [0.1, 0.15) is 0 Å². The summed E-state index contributed by atoms with van der Waals surface area (Å²) in [6, 6.07) is 0. The molecule has 0 heterocycles. The normalized spacial score (nSPS) is 4.00. The minimum absolute atomic E-state index is 0. The van der Waals surface area contributed by atoms with E-state index >= 15 is 0 Å². The van der Waals surface area contributed by atoms with Crippen LogP contribution in [0.5, 0.6) is 0 Å². The third-order valence-corrected chi connectivity index (χ3v) is 0. The third-order valence-electron chi connectivity index (χ3n) is 0.